The van der Waals surface area contributed by atoms with Gasteiger partial charge in [0.1, 0.15) is 0 Å². The summed E-state index contributed by atoms with van der Waals surface area (Å²) < 4.78 is 39.9. The predicted molar refractivity (Wildman–Crippen MR) is 110 cm³/mol. The molecule has 0 amide bonds. The molecule has 0 aromatic heterocycles. The summed E-state index contributed by atoms with van der Waals surface area (Å²) in [4.78, 5) is 0. The Labute approximate surface area is 159 Å². The molecule has 0 bridgehead atoms. The molecule has 0 unspecified atom stereocenters. The van der Waals surface area contributed by atoms with Crippen LogP contribution in [0.3, 0.4) is 0 Å². The summed E-state index contributed by atoms with van der Waals surface area (Å²) in [6.07, 6.45) is -5.10. The van der Waals surface area contributed by atoms with E-state index in [4.69, 9.17) is 0 Å². The van der Waals surface area contributed by atoms with Crippen LogP contribution in [0.25, 0.3) is 0 Å². The Bertz CT molecular complexity index is 749. The molecule has 0 N–H and O–H groups in total. The number of hydrogen-bond acceptors (Lipinski definition) is 0. The van der Waals surface area contributed by atoms with Gasteiger partial charge in [-0.1, -0.05) is 0 Å². The average Bonchev–Trinajstić information content (AvgIpc) is 2.68. The van der Waals surface area contributed by atoms with Gasteiger partial charge >= 0.3 is 160 Å². The predicted octanol–water partition coefficient (Wildman–Crippen LogP) is 5.78. The molecule has 3 aromatic rings. The van der Waals surface area contributed by atoms with Crippen LogP contribution in [0.4, 0.5) is 13.2 Å². The summed E-state index contributed by atoms with van der Waals surface area (Å²) in [5, 5.41) is -0.744. The van der Waals surface area contributed by atoms with Crippen LogP contribution in [0, 0.1) is 0 Å². The SMILES string of the molecule is FC(F)(F)CCP(Br)(c1ccccc1)(c1ccccc1)c1ccccc1. The standard InChI is InChI=1S/C21H19BrF3P/c22-26(17-16-21(23,24)25,18-10-4-1-5-11-18,19-12-6-2-7-13-19)20-14-8-3-9-15-20/h1-15H,16-17H2. The molecule has 3 aromatic carbocycles. The summed E-state index contributed by atoms with van der Waals surface area (Å²) in [5.41, 5.74) is 0. The first-order valence-corrected chi connectivity index (χ1v) is 12.7. The fourth-order valence-corrected chi connectivity index (χ4v) is 10.8. The van der Waals surface area contributed by atoms with Crippen LogP contribution in [-0.2, 0) is 0 Å². The summed E-state index contributed by atoms with van der Waals surface area (Å²) in [7, 11) is 0. The normalized spacial score (nSPS) is 13.8. The Balaban J connectivity index is 2.35. The van der Waals surface area contributed by atoms with Crippen LogP contribution in [0.2, 0.25) is 0 Å². The van der Waals surface area contributed by atoms with Crippen LogP contribution >= 0.6 is 20.8 Å². The number of alkyl halides is 3. The van der Waals surface area contributed by atoms with Gasteiger partial charge in [-0.3, -0.25) is 0 Å². The zero-order chi connectivity index (χ0) is 18.7. The van der Waals surface area contributed by atoms with Gasteiger partial charge in [0.2, 0.25) is 0 Å². The molecule has 0 heterocycles. The molecule has 0 spiro atoms. The van der Waals surface area contributed by atoms with Crippen LogP contribution in [0.5, 0.6) is 0 Å². The molecule has 0 atom stereocenters. The summed E-state index contributed by atoms with van der Waals surface area (Å²) >= 11 is 4.00. The van der Waals surface area contributed by atoms with Crippen molar-refractivity contribution in [1.82, 2.24) is 0 Å². The molecule has 0 aliphatic heterocycles. The summed E-state index contributed by atoms with van der Waals surface area (Å²) in [6, 6.07) is 28.6. The van der Waals surface area contributed by atoms with Gasteiger partial charge in [-0.05, 0) is 0 Å². The average molecular weight is 439 g/mol. The maximum atomic E-state index is 13.3. The Kier molecular flexibility index (Phi) is 5.28. The Hall–Kier alpha value is -1.64. The van der Waals surface area contributed by atoms with Crippen LogP contribution < -0.4 is 15.9 Å². The van der Waals surface area contributed by atoms with E-state index in [-0.39, 0.29) is 6.16 Å². The quantitative estimate of drug-likeness (QED) is 0.443. The van der Waals surface area contributed by atoms with Gasteiger partial charge in [-0.15, -0.1) is 0 Å². The molecule has 0 saturated heterocycles. The van der Waals surface area contributed by atoms with Gasteiger partial charge in [-0.25, -0.2) is 0 Å². The van der Waals surface area contributed by atoms with Gasteiger partial charge in [0.05, 0.1) is 0 Å². The van der Waals surface area contributed by atoms with Crippen LogP contribution in [-0.4, -0.2) is 12.3 Å². The zero-order valence-electron chi connectivity index (χ0n) is 14.0. The van der Waals surface area contributed by atoms with Gasteiger partial charge in [-0.2, -0.15) is 0 Å². The van der Waals surface area contributed by atoms with Crippen molar-refractivity contribution in [3.05, 3.63) is 91.0 Å². The minimum atomic E-state index is -4.23. The molecule has 5 heteroatoms. The molecule has 0 nitrogen and oxygen atoms in total. The number of rotatable bonds is 5. The van der Waals surface area contributed by atoms with E-state index in [0.717, 1.165) is 15.9 Å². The first-order chi connectivity index (χ1) is 12.3. The third kappa shape index (κ3) is 3.45. The van der Waals surface area contributed by atoms with E-state index in [1.54, 1.807) is 0 Å². The Morgan fingerprint density at radius 3 is 1.19 bits per heavy atom. The second-order valence-corrected chi connectivity index (χ2v) is 15.3. The van der Waals surface area contributed by atoms with Crippen molar-refractivity contribution < 1.29 is 13.2 Å². The Morgan fingerprint density at radius 2 is 0.923 bits per heavy atom. The number of halogens is 4. The van der Waals surface area contributed by atoms with Crippen molar-refractivity contribution in [2.24, 2.45) is 0 Å². The second-order valence-electron chi connectivity index (χ2n) is 6.28. The molecule has 0 saturated carbocycles. The van der Waals surface area contributed by atoms with Crippen LogP contribution in [0.1, 0.15) is 6.42 Å². The van der Waals surface area contributed by atoms with Gasteiger partial charge in [0, 0.05) is 0 Å². The molecule has 3 rings (SSSR count). The summed E-state index contributed by atoms with van der Waals surface area (Å²) in [6.45, 7) is 0. The van der Waals surface area contributed by atoms with E-state index in [2.05, 4.69) is 15.5 Å². The first kappa shape index (κ1) is 19.1. The molecular formula is C21H19BrF3P. The summed E-state index contributed by atoms with van der Waals surface area (Å²) in [5.74, 6) is 0. The zero-order valence-corrected chi connectivity index (χ0v) is 16.5. The van der Waals surface area contributed by atoms with E-state index < -0.39 is 17.9 Å². The molecular weight excluding hydrogens is 420 g/mol. The van der Waals surface area contributed by atoms with Crippen molar-refractivity contribution in [3.8, 4) is 0 Å². The third-order valence-electron chi connectivity index (χ3n) is 4.70. The fourth-order valence-electron chi connectivity index (χ4n) is 3.39. The molecule has 0 fully saturated rings. The molecule has 136 valence electrons. The monoisotopic (exact) mass is 438 g/mol. The van der Waals surface area contributed by atoms with Gasteiger partial charge in [0.25, 0.3) is 0 Å². The topological polar surface area (TPSA) is 0 Å². The molecule has 26 heavy (non-hydrogen) atoms. The van der Waals surface area contributed by atoms with E-state index in [1.807, 2.05) is 91.0 Å². The van der Waals surface area contributed by atoms with Crippen molar-refractivity contribution in [1.29, 1.82) is 0 Å². The van der Waals surface area contributed by atoms with Crippen molar-refractivity contribution in [2.75, 3.05) is 6.16 Å². The third-order valence-corrected chi connectivity index (χ3v) is 14.6. The minimum absolute atomic E-state index is 0.0207. The van der Waals surface area contributed by atoms with E-state index >= 15 is 0 Å². The molecule has 0 aliphatic rings. The second kappa shape index (κ2) is 7.17. The van der Waals surface area contributed by atoms with E-state index in [0.29, 0.717) is 0 Å². The molecule has 0 aliphatic carbocycles. The van der Waals surface area contributed by atoms with Crippen LogP contribution in [0.15, 0.2) is 91.0 Å². The van der Waals surface area contributed by atoms with Crippen molar-refractivity contribution in [3.63, 3.8) is 0 Å². The number of hydrogen-bond donors (Lipinski definition) is 0. The molecule has 0 radical (unpaired) electrons. The van der Waals surface area contributed by atoms with Crippen molar-refractivity contribution >= 4 is 36.7 Å². The van der Waals surface area contributed by atoms with E-state index in [1.165, 1.54) is 0 Å². The van der Waals surface area contributed by atoms with Crippen molar-refractivity contribution in [2.45, 2.75) is 12.6 Å². The number of benzene rings is 3. The van der Waals surface area contributed by atoms with Gasteiger partial charge in [0.15, 0.2) is 0 Å². The van der Waals surface area contributed by atoms with Gasteiger partial charge < -0.3 is 0 Å². The fraction of sp³-hybridized carbons (Fsp3) is 0.143. The van der Waals surface area contributed by atoms with E-state index in [9.17, 15) is 13.2 Å². The Morgan fingerprint density at radius 1 is 0.615 bits per heavy atom. The first-order valence-electron chi connectivity index (χ1n) is 8.31. The maximum absolute atomic E-state index is 13.3.